The zero-order chi connectivity index (χ0) is 10.6. The first-order valence-electron chi connectivity index (χ1n) is 3.98. The number of alkyl halides is 1. The van der Waals surface area contributed by atoms with Crippen LogP contribution in [0.1, 0.15) is 10.4 Å². The molecule has 0 aliphatic rings. The normalized spacial score (nSPS) is 11.9. The lowest BCUT2D eigenvalue weighted by Crippen LogP contribution is -2.25. The highest BCUT2D eigenvalue weighted by atomic mass is 79.9. The van der Waals surface area contributed by atoms with Gasteiger partial charge in [0.2, 0.25) is 0 Å². The molecule has 4 heteroatoms. The minimum Gasteiger partial charge on any atom is -0.468 e. The van der Waals surface area contributed by atoms with Gasteiger partial charge < -0.3 is 4.74 Å². The molecular weight excluding hydrogens is 248 g/mol. The van der Waals surface area contributed by atoms with Gasteiger partial charge in [-0.2, -0.15) is 0 Å². The Labute approximate surface area is 90.2 Å². The minimum absolute atomic E-state index is 0.294. The van der Waals surface area contributed by atoms with Gasteiger partial charge in [-0.25, -0.2) is 0 Å². The van der Waals surface area contributed by atoms with E-state index in [0.717, 1.165) is 0 Å². The SMILES string of the molecule is COC(=O)C(Br)C(=O)c1ccccc1. The molecule has 0 amide bonds. The lowest BCUT2D eigenvalue weighted by molar-refractivity contribution is -0.138. The molecule has 0 saturated carbocycles. The number of methoxy groups -OCH3 is 1. The summed E-state index contributed by atoms with van der Waals surface area (Å²) >= 11 is 2.98. The van der Waals surface area contributed by atoms with E-state index in [0.29, 0.717) is 5.56 Å². The van der Waals surface area contributed by atoms with Gasteiger partial charge in [0.05, 0.1) is 7.11 Å². The molecule has 1 aromatic rings. The number of Topliss-reactive ketones (excluding diaryl/α,β-unsaturated/α-hetero) is 1. The van der Waals surface area contributed by atoms with Gasteiger partial charge in [-0.05, 0) is 0 Å². The van der Waals surface area contributed by atoms with Crippen molar-refractivity contribution in [3.8, 4) is 0 Å². The molecule has 0 aliphatic heterocycles. The number of carbonyl (C=O) groups excluding carboxylic acids is 2. The zero-order valence-corrected chi connectivity index (χ0v) is 9.15. The predicted octanol–water partition coefficient (Wildman–Crippen LogP) is 1.81. The highest BCUT2D eigenvalue weighted by Crippen LogP contribution is 2.11. The smallest absolute Gasteiger partial charge is 0.327 e. The topological polar surface area (TPSA) is 43.4 Å². The van der Waals surface area contributed by atoms with Gasteiger partial charge in [-0.3, -0.25) is 9.59 Å². The average Bonchev–Trinajstić information content (AvgIpc) is 2.27. The number of benzene rings is 1. The summed E-state index contributed by atoms with van der Waals surface area (Å²) in [6.45, 7) is 0. The van der Waals surface area contributed by atoms with Crippen molar-refractivity contribution in [2.45, 2.75) is 4.83 Å². The Morgan fingerprint density at radius 1 is 1.29 bits per heavy atom. The molecule has 0 spiro atoms. The van der Waals surface area contributed by atoms with Crippen molar-refractivity contribution >= 4 is 27.7 Å². The Morgan fingerprint density at radius 3 is 2.36 bits per heavy atom. The summed E-state index contributed by atoms with van der Waals surface area (Å²) in [6, 6.07) is 8.59. The fourth-order valence-corrected chi connectivity index (χ4v) is 1.41. The van der Waals surface area contributed by atoms with Crippen LogP contribution in [0.5, 0.6) is 0 Å². The Morgan fingerprint density at radius 2 is 1.86 bits per heavy atom. The van der Waals surface area contributed by atoms with Crippen LogP contribution in [0.4, 0.5) is 0 Å². The van der Waals surface area contributed by atoms with E-state index in [1.54, 1.807) is 30.3 Å². The summed E-state index contributed by atoms with van der Waals surface area (Å²) in [6.07, 6.45) is 0. The van der Waals surface area contributed by atoms with Crippen molar-refractivity contribution < 1.29 is 14.3 Å². The number of ketones is 1. The van der Waals surface area contributed by atoms with Crippen LogP contribution in [0, 0.1) is 0 Å². The number of carbonyl (C=O) groups is 2. The van der Waals surface area contributed by atoms with Crippen molar-refractivity contribution in [1.29, 1.82) is 0 Å². The number of hydrogen-bond donors (Lipinski definition) is 0. The Balaban J connectivity index is 2.81. The van der Waals surface area contributed by atoms with E-state index in [4.69, 9.17) is 0 Å². The number of ether oxygens (including phenoxy) is 1. The maximum absolute atomic E-state index is 11.6. The van der Waals surface area contributed by atoms with E-state index in [1.165, 1.54) is 7.11 Å². The summed E-state index contributed by atoms with van der Waals surface area (Å²) < 4.78 is 4.45. The molecule has 1 aromatic carbocycles. The molecular formula is C10H9BrO3. The van der Waals surface area contributed by atoms with Crippen molar-refractivity contribution in [1.82, 2.24) is 0 Å². The second-order valence-electron chi connectivity index (χ2n) is 2.62. The molecule has 14 heavy (non-hydrogen) atoms. The van der Waals surface area contributed by atoms with Crippen LogP contribution in [0.2, 0.25) is 0 Å². The summed E-state index contributed by atoms with van der Waals surface area (Å²) in [7, 11) is 1.24. The minimum atomic E-state index is -0.921. The van der Waals surface area contributed by atoms with E-state index >= 15 is 0 Å². The van der Waals surface area contributed by atoms with Crippen LogP contribution in [0.3, 0.4) is 0 Å². The molecule has 0 fully saturated rings. The Hall–Kier alpha value is -1.16. The zero-order valence-electron chi connectivity index (χ0n) is 7.57. The Bertz CT molecular complexity index is 334. The summed E-state index contributed by atoms with van der Waals surface area (Å²) in [5.74, 6) is -0.878. The molecule has 1 atom stereocenters. The molecule has 0 saturated heterocycles. The van der Waals surface area contributed by atoms with E-state index in [-0.39, 0.29) is 5.78 Å². The lowest BCUT2D eigenvalue weighted by Gasteiger charge is -2.05. The average molecular weight is 257 g/mol. The van der Waals surface area contributed by atoms with Crippen LogP contribution in [-0.2, 0) is 9.53 Å². The van der Waals surface area contributed by atoms with Gasteiger partial charge in [0.15, 0.2) is 10.6 Å². The standard InChI is InChI=1S/C10H9BrO3/c1-14-10(13)8(11)9(12)7-5-3-2-4-6-7/h2-6,8H,1H3. The quantitative estimate of drug-likeness (QED) is 0.359. The summed E-state index contributed by atoms with van der Waals surface area (Å²) in [5.41, 5.74) is 0.486. The Kier molecular flexibility index (Phi) is 3.83. The largest absolute Gasteiger partial charge is 0.468 e. The third kappa shape index (κ3) is 2.42. The molecule has 3 nitrogen and oxygen atoms in total. The molecule has 1 unspecified atom stereocenters. The molecule has 0 bridgehead atoms. The van der Waals surface area contributed by atoms with Crippen molar-refractivity contribution in [3.63, 3.8) is 0 Å². The predicted molar refractivity (Wildman–Crippen MR) is 55.5 cm³/mol. The van der Waals surface area contributed by atoms with Crippen LogP contribution in [-0.4, -0.2) is 23.7 Å². The fraction of sp³-hybridized carbons (Fsp3) is 0.200. The van der Waals surface area contributed by atoms with Crippen molar-refractivity contribution in [3.05, 3.63) is 35.9 Å². The first-order chi connectivity index (χ1) is 6.66. The maximum Gasteiger partial charge on any atom is 0.327 e. The first kappa shape index (κ1) is 10.9. The number of hydrogen-bond acceptors (Lipinski definition) is 3. The van der Waals surface area contributed by atoms with Gasteiger partial charge in [0.1, 0.15) is 0 Å². The van der Waals surface area contributed by atoms with Crippen LogP contribution in [0.15, 0.2) is 30.3 Å². The third-order valence-electron chi connectivity index (χ3n) is 1.70. The molecule has 74 valence electrons. The van der Waals surface area contributed by atoms with Crippen LogP contribution < -0.4 is 0 Å². The van der Waals surface area contributed by atoms with Gasteiger partial charge in [-0.15, -0.1) is 0 Å². The number of rotatable bonds is 3. The van der Waals surface area contributed by atoms with Gasteiger partial charge in [0, 0.05) is 5.56 Å². The molecule has 0 heterocycles. The van der Waals surface area contributed by atoms with E-state index in [1.807, 2.05) is 0 Å². The molecule has 0 aliphatic carbocycles. The van der Waals surface area contributed by atoms with Crippen LogP contribution in [0.25, 0.3) is 0 Å². The summed E-state index contributed by atoms with van der Waals surface area (Å²) in [5, 5.41) is 0. The highest BCUT2D eigenvalue weighted by molar-refractivity contribution is 9.10. The maximum atomic E-state index is 11.6. The summed E-state index contributed by atoms with van der Waals surface area (Å²) in [4.78, 5) is 21.7. The number of esters is 1. The first-order valence-corrected chi connectivity index (χ1v) is 4.89. The van der Waals surface area contributed by atoms with Gasteiger partial charge in [0.25, 0.3) is 0 Å². The van der Waals surface area contributed by atoms with Gasteiger partial charge >= 0.3 is 5.97 Å². The molecule has 1 rings (SSSR count). The molecule has 0 aromatic heterocycles. The third-order valence-corrected chi connectivity index (χ3v) is 2.49. The van der Waals surface area contributed by atoms with Gasteiger partial charge in [-0.1, -0.05) is 46.3 Å². The molecule has 0 N–H and O–H groups in total. The fourth-order valence-electron chi connectivity index (χ4n) is 0.959. The van der Waals surface area contributed by atoms with E-state index in [2.05, 4.69) is 20.7 Å². The second kappa shape index (κ2) is 4.91. The number of halogens is 1. The van der Waals surface area contributed by atoms with Crippen molar-refractivity contribution in [2.24, 2.45) is 0 Å². The van der Waals surface area contributed by atoms with Crippen molar-refractivity contribution in [2.75, 3.05) is 7.11 Å². The second-order valence-corrected chi connectivity index (χ2v) is 3.53. The highest BCUT2D eigenvalue weighted by Gasteiger charge is 2.24. The monoisotopic (exact) mass is 256 g/mol. The lowest BCUT2D eigenvalue weighted by atomic mass is 10.1. The van der Waals surface area contributed by atoms with E-state index < -0.39 is 10.8 Å². The van der Waals surface area contributed by atoms with E-state index in [9.17, 15) is 9.59 Å². The molecule has 0 radical (unpaired) electrons. The van der Waals surface area contributed by atoms with Crippen LogP contribution >= 0.6 is 15.9 Å².